The lowest BCUT2D eigenvalue weighted by Gasteiger charge is -2.13. The number of methoxy groups -OCH3 is 1. The number of hydrogen-bond acceptors (Lipinski definition) is 8. The van der Waals surface area contributed by atoms with Crippen LogP contribution in [0.5, 0.6) is 11.5 Å². The van der Waals surface area contributed by atoms with Crippen molar-refractivity contribution >= 4 is 57.9 Å². The minimum Gasteiger partial charge on any atom is -0.493 e. The molecule has 0 atom stereocenters. The summed E-state index contributed by atoms with van der Waals surface area (Å²) >= 11 is 7.00. The van der Waals surface area contributed by atoms with Gasteiger partial charge in [0.15, 0.2) is 18.1 Å². The third kappa shape index (κ3) is 6.31. The first-order chi connectivity index (χ1) is 18.2. The lowest BCUT2D eigenvalue weighted by Crippen LogP contribution is -2.27. The number of nitrogens with one attached hydrogen (secondary N) is 1. The van der Waals surface area contributed by atoms with E-state index < -0.39 is 22.0 Å². The minimum atomic E-state index is -0.558. The average Bonchev–Trinajstić information content (AvgIpc) is 3.16. The number of amides is 3. The number of ether oxygens (including phenoxy) is 2. The predicted octanol–water partition coefficient (Wildman–Crippen LogP) is 5.51. The summed E-state index contributed by atoms with van der Waals surface area (Å²) < 4.78 is 10.9. The van der Waals surface area contributed by atoms with E-state index in [2.05, 4.69) is 5.32 Å². The van der Waals surface area contributed by atoms with E-state index in [-0.39, 0.29) is 35.2 Å². The zero-order valence-electron chi connectivity index (χ0n) is 19.9. The maximum absolute atomic E-state index is 12.9. The van der Waals surface area contributed by atoms with E-state index in [1.807, 2.05) is 0 Å². The van der Waals surface area contributed by atoms with Gasteiger partial charge in [0.25, 0.3) is 22.7 Å². The SMILES string of the molecule is COc1cc(/C=C2\SC(=O)N(Cc3ccccc3Cl)C2=O)ccc1OCC(=O)Nc1cccc([N+](=O)[O-])c1. The van der Waals surface area contributed by atoms with Crippen LogP contribution in [0.4, 0.5) is 16.2 Å². The minimum absolute atomic E-state index is 0.0656. The molecule has 3 aromatic rings. The van der Waals surface area contributed by atoms with E-state index in [0.717, 1.165) is 16.7 Å². The number of non-ortho nitro benzene ring substituents is 1. The number of nitro groups is 1. The Morgan fingerprint density at radius 3 is 2.63 bits per heavy atom. The van der Waals surface area contributed by atoms with E-state index in [1.54, 1.807) is 48.5 Å². The first-order valence-corrected chi connectivity index (χ1v) is 12.3. The van der Waals surface area contributed by atoms with Gasteiger partial charge in [-0.05, 0) is 53.2 Å². The molecule has 1 N–H and O–H groups in total. The highest BCUT2D eigenvalue weighted by molar-refractivity contribution is 8.18. The number of imide groups is 1. The molecule has 0 unspecified atom stereocenters. The molecule has 1 aliphatic rings. The van der Waals surface area contributed by atoms with Crippen molar-refractivity contribution in [1.82, 2.24) is 4.90 Å². The van der Waals surface area contributed by atoms with E-state index in [9.17, 15) is 24.5 Å². The fourth-order valence-corrected chi connectivity index (χ4v) is 4.55. The molecule has 0 aromatic heterocycles. The van der Waals surface area contributed by atoms with Crippen molar-refractivity contribution in [2.24, 2.45) is 0 Å². The second-order valence-electron chi connectivity index (χ2n) is 7.91. The van der Waals surface area contributed by atoms with Crippen LogP contribution >= 0.6 is 23.4 Å². The first-order valence-electron chi connectivity index (χ1n) is 11.1. The third-order valence-electron chi connectivity index (χ3n) is 5.34. The largest absolute Gasteiger partial charge is 0.493 e. The highest BCUT2D eigenvalue weighted by Gasteiger charge is 2.35. The molecule has 1 aliphatic heterocycles. The Bertz CT molecular complexity index is 1460. The third-order valence-corrected chi connectivity index (χ3v) is 6.62. The molecule has 0 aliphatic carbocycles. The van der Waals surface area contributed by atoms with E-state index in [0.29, 0.717) is 21.9 Å². The van der Waals surface area contributed by atoms with Crippen molar-refractivity contribution in [3.05, 3.63) is 97.9 Å². The van der Waals surface area contributed by atoms with Gasteiger partial charge in [-0.25, -0.2) is 0 Å². The summed E-state index contributed by atoms with van der Waals surface area (Å²) in [4.78, 5) is 49.3. The summed E-state index contributed by atoms with van der Waals surface area (Å²) in [5.41, 5.74) is 1.36. The van der Waals surface area contributed by atoms with Gasteiger partial charge in [0.05, 0.1) is 23.5 Å². The van der Waals surface area contributed by atoms with Crippen LogP contribution in [-0.4, -0.2) is 40.6 Å². The molecule has 194 valence electrons. The zero-order valence-corrected chi connectivity index (χ0v) is 21.5. The number of carbonyl (C=O) groups is 3. The Labute approximate surface area is 226 Å². The van der Waals surface area contributed by atoms with Crippen LogP contribution in [0.25, 0.3) is 6.08 Å². The maximum atomic E-state index is 12.9. The number of rotatable bonds is 9. The van der Waals surface area contributed by atoms with Crippen LogP contribution in [0, 0.1) is 10.1 Å². The average molecular weight is 554 g/mol. The predicted molar refractivity (Wildman–Crippen MR) is 143 cm³/mol. The van der Waals surface area contributed by atoms with Gasteiger partial charge in [0.1, 0.15) is 0 Å². The monoisotopic (exact) mass is 553 g/mol. The molecule has 1 saturated heterocycles. The molecule has 38 heavy (non-hydrogen) atoms. The fourth-order valence-electron chi connectivity index (χ4n) is 3.52. The number of nitro benzene ring substituents is 1. The topological polar surface area (TPSA) is 128 Å². The van der Waals surface area contributed by atoms with Gasteiger partial charge >= 0.3 is 0 Å². The molecule has 0 radical (unpaired) electrons. The van der Waals surface area contributed by atoms with Crippen molar-refractivity contribution in [2.75, 3.05) is 19.0 Å². The second-order valence-corrected chi connectivity index (χ2v) is 9.31. The van der Waals surface area contributed by atoms with Gasteiger partial charge in [-0.3, -0.25) is 29.4 Å². The van der Waals surface area contributed by atoms with Gasteiger partial charge in [0.2, 0.25) is 0 Å². The van der Waals surface area contributed by atoms with Crippen LogP contribution in [0.3, 0.4) is 0 Å². The van der Waals surface area contributed by atoms with Gasteiger partial charge in [-0.15, -0.1) is 0 Å². The van der Waals surface area contributed by atoms with Gasteiger partial charge in [0, 0.05) is 22.8 Å². The highest BCUT2D eigenvalue weighted by atomic mass is 35.5. The zero-order chi connectivity index (χ0) is 27.2. The molecular formula is C26H20ClN3O7S. The Morgan fingerprint density at radius 2 is 1.89 bits per heavy atom. The highest BCUT2D eigenvalue weighted by Crippen LogP contribution is 2.36. The van der Waals surface area contributed by atoms with Gasteiger partial charge in [-0.1, -0.05) is 41.9 Å². The summed E-state index contributed by atoms with van der Waals surface area (Å²) in [7, 11) is 1.42. The Hall–Kier alpha value is -4.35. The normalized spacial score (nSPS) is 14.1. The van der Waals surface area contributed by atoms with Crippen LogP contribution in [-0.2, 0) is 16.1 Å². The molecule has 3 aromatic carbocycles. The Balaban J connectivity index is 1.41. The summed E-state index contributed by atoms with van der Waals surface area (Å²) in [6.07, 6.45) is 1.57. The van der Waals surface area contributed by atoms with Gasteiger partial charge in [-0.2, -0.15) is 0 Å². The van der Waals surface area contributed by atoms with Crippen LogP contribution < -0.4 is 14.8 Å². The molecule has 3 amide bonds. The van der Waals surface area contributed by atoms with Crippen molar-refractivity contribution in [2.45, 2.75) is 6.54 Å². The first kappa shape index (κ1) is 26.7. The quantitative estimate of drug-likeness (QED) is 0.209. The molecule has 0 bridgehead atoms. The smallest absolute Gasteiger partial charge is 0.293 e. The second kappa shape index (κ2) is 11.8. The van der Waals surface area contributed by atoms with Crippen molar-refractivity contribution in [1.29, 1.82) is 0 Å². The van der Waals surface area contributed by atoms with Crippen molar-refractivity contribution < 1.29 is 28.8 Å². The summed E-state index contributed by atoms with van der Waals surface area (Å²) in [5.74, 6) is -0.385. The number of halogens is 1. The number of carbonyl (C=O) groups excluding carboxylic acids is 3. The molecule has 0 spiro atoms. The summed E-state index contributed by atoms with van der Waals surface area (Å²) in [6, 6.07) is 17.4. The number of nitrogens with zero attached hydrogens (tertiary/aromatic N) is 2. The summed E-state index contributed by atoms with van der Waals surface area (Å²) in [5, 5.41) is 13.5. The molecule has 1 fully saturated rings. The van der Waals surface area contributed by atoms with E-state index in [1.165, 1.54) is 31.4 Å². The van der Waals surface area contributed by atoms with Crippen LogP contribution in [0.1, 0.15) is 11.1 Å². The molecular weight excluding hydrogens is 534 g/mol. The Morgan fingerprint density at radius 1 is 1.11 bits per heavy atom. The molecule has 4 rings (SSSR count). The lowest BCUT2D eigenvalue weighted by atomic mass is 10.1. The number of thioether (sulfide) groups is 1. The molecule has 10 nitrogen and oxygen atoms in total. The number of benzene rings is 3. The fraction of sp³-hybridized carbons (Fsp3) is 0.115. The summed E-state index contributed by atoms with van der Waals surface area (Å²) in [6.45, 7) is -0.310. The van der Waals surface area contributed by atoms with Crippen molar-refractivity contribution in [3.63, 3.8) is 0 Å². The van der Waals surface area contributed by atoms with E-state index in [4.69, 9.17) is 21.1 Å². The van der Waals surface area contributed by atoms with Crippen LogP contribution in [0.2, 0.25) is 5.02 Å². The van der Waals surface area contributed by atoms with Crippen molar-refractivity contribution in [3.8, 4) is 11.5 Å². The molecule has 12 heteroatoms. The molecule has 0 saturated carbocycles. The standard InChI is InChI=1S/C26H20ClN3O7S/c1-36-22-11-16(12-23-25(32)29(26(33)38-23)14-17-5-2-3-8-20(17)27)9-10-21(22)37-15-24(31)28-18-6-4-7-19(13-18)30(34)35/h2-13H,14-15H2,1H3,(H,28,31)/b23-12-. The molecule has 1 heterocycles. The van der Waals surface area contributed by atoms with E-state index >= 15 is 0 Å². The maximum Gasteiger partial charge on any atom is 0.293 e. The van der Waals surface area contributed by atoms with Crippen LogP contribution in [0.15, 0.2) is 71.6 Å². The lowest BCUT2D eigenvalue weighted by molar-refractivity contribution is -0.384. The Kier molecular flexibility index (Phi) is 8.29. The number of anilines is 1. The number of hydrogen-bond donors (Lipinski definition) is 1. The van der Waals surface area contributed by atoms with Gasteiger partial charge < -0.3 is 14.8 Å².